The molecule has 0 fully saturated rings. The van der Waals surface area contributed by atoms with Gasteiger partial charge in [0.2, 0.25) is 0 Å². The number of furan rings is 2. The standard InChI is InChI=1S/C67H44N2O.C56H37N3O/c1-3-20-48(21-4-1)67(61-33-12-9-27-57(61)58-28-10-13-34-62(58)67)49-22-16-25-53(44-49)68(51-40-36-46(37-41-51)55-30-15-19-45-18-7-8-26-54(45)55)52-42-38-47(39-43-52)56-31-17-32-60-64-66(70-65(56)60)59-29-11-14-35-63(59)69(64)50-23-5-2-6-24-50;1-3-14-38(15-4-1)39-26-30-42(31-27-39)57(44-34-36-45(37-35-44)58-51-23-10-7-18-47(51)48-19-8-11-24-52(48)58)43-32-28-40(29-33-43)46-21-13-22-50-54-56(60-55(46)50)49-20-9-12-25-53(49)59(54)41-16-5-2-6-17-41/h1-44H;1-37H. The highest BCUT2D eigenvalue weighted by Crippen LogP contribution is 2.57. The monoisotopic (exact) mass is 1660 g/mol. The molecule has 0 amide bonds. The van der Waals surface area contributed by atoms with Crippen LogP contribution in [0.1, 0.15) is 22.3 Å². The maximum Gasteiger partial charge on any atom is 0.161 e. The van der Waals surface area contributed by atoms with E-state index < -0.39 is 5.41 Å². The molecule has 20 aromatic carbocycles. The molecule has 0 spiro atoms. The molecular formula is C123H81N5O2. The van der Waals surface area contributed by atoms with Crippen molar-refractivity contribution in [3.63, 3.8) is 0 Å². The van der Waals surface area contributed by atoms with Crippen molar-refractivity contribution in [3.05, 3.63) is 514 Å². The average Bonchev–Trinajstić information content (AvgIpc) is 1.50. The van der Waals surface area contributed by atoms with E-state index >= 15 is 0 Å². The number of hydrogen-bond acceptors (Lipinski definition) is 4. The molecule has 0 N–H and O–H groups in total. The summed E-state index contributed by atoms with van der Waals surface area (Å²) in [5, 5.41) is 9.37. The third-order valence-electron chi connectivity index (χ3n) is 26.6. The van der Waals surface area contributed by atoms with Crippen LogP contribution in [-0.2, 0) is 5.41 Å². The zero-order chi connectivity index (χ0) is 85.7. The van der Waals surface area contributed by atoms with Crippen LogP contribution >= 0.6 is 0 Å². The van der Waals surface area contributed by atoms with Crippen LogP contribution < -0.4 is 9.80 Å². The van der Waals surface area contributed by atoms with Gasteiger partial charge in [0.1, 0.15) is 22.2 Å². The lowest BCUT2D eigenvalue weighted by Gasteiger charge is -2.35. The Morgan fingerprint density at radius 3 is 0.992 bits per heavy atom. The summed E-state index contributed by atoms with van der Waals surface area (Å²) in [4.78, 5) is 4.74. The third-order valence-corrected chi connectivity index (χ3v) is 26.6. The van der Waals surface area contributed by atoms with E-state index in [9.17, 15) is 0 Å². The van der Waals surface area contributed by atoms with Crippen molar-refractivity contribution in [1.29, 1.82) is 0 Å². The molecule has 0 atom stereocenters. The zero-order valence-electron chi connectivity index (χ0n) is 70.8. The highest BCUT2D eigenvalue weighted by Gasteiger charge is 2.46. The van der Waals surface area contributed by atoms with Gasteiger partial charge in [-0.1, -0.05) is 334 Å². The lowest BCUT2D eigenvalue weighted by atomic mass is 9.67. The Bertz CT molecular complexity index is 8520. The highest BCUT2D eigenvalue weighted by molar-refractivity contribution is 6.20. The molecule has 130 heavy (non-hydrogen) atoms. The summed E-state index contributed by atoms with van der Waals surface area (Å²) in [5.74, 6) is 0. The first-order chi connectivity index (χ1) is 64.5. The highest BCUT2D eigenvalue weighted by atomic mass is 16.3. The predicted molar refractivity (Wildman–Crippen MR) is 541 cm³/mol. The van der Waals surface area contributed by atoms with E-state index in [1.165, 1.54) is 88.2 Å². The second-order valence-electron chi connectivity index (χ2n) is 33.7. The van der Waals surface area contributed by atoms with Crippen molar-refractivity contribution in [2.24, 2.45) is 0 Å². The third kappa shape index (κ3) is 12.3. The van der Waals surface area contributed by atoms with Crippen molar-refractivity contribution in [3.8, 4) is 72.7 Å². The molecule has 0 bridgehead atoms. The minimum atomic E-state index is -0.531. The molecule has 25 aromatic rings. The van der Waals surface area contributed by atoms with Crippen LogP contribution in [0.4, 0.5) is 34.1 Å². The molecule has 1 aliphatic rings. The van der Waals surface area contributed by atoms with Crippen molar-refractivity contribution < 1.29 is 8.83 Å². The Hall–Kier alpha value is -17.3. The number of para-hydroxylation sites is 8. The van der Waals surface area contributed by atoms with E-state index in [2.05, 4.69) is 515 Å². The summed E-state index contributed by atoms with van der Waals surface area (Å²) < 4.78 is 20.9. The molecule has 26 rings (SSSR count). The van der Waals surface area contributed by atoms with Crippen LogP contribution in [0.3, 0.4) is 0 Å². The molecule has 0 aliphatic heterocycles. The minimum Gasteiger partial charge on any atom is -0.453 e. The van der Waals surface area contributed by atoms with Crippen LogP contribution in [0.2, 0.25) is 0 Å². The molecule has 1 aliphatic carbocycles. The van der Waals surface area contributed by atoms with E-state index in [-0.39, 0.29) is 0 Å². The summed E-state index contributed by atoms with van der Waals surface area (Å²) >= 11 is 0. The molecule has 0 unspecified atom stereocenters. The fourth-order valence-electron chi connectivity index (χ4n) is 20.8. The molecular weight excluding hydrogens is 1580 g/mol. The van der Waals surface area contributed by atoms with Crippen LogP contribution in [0.5, 0.6) is 0 Å². The van der Waals surface area contributed by atoms with E-state index in [0.29, 0.717) is 0 Å². The lowest BCUT2D eigenvalue weighted by molar-refractivity contribution is 0.673. The molecule has 7 heteroatoms. The van der Waals surface area contributed by atoms with Crippen LogP contribution in [0.25, 0.3) is 171 Å². The molecule has 5 aromatic heterocycles. The van der Waals surface area contributed by atoms with Gasteiger partial charge in [-0.3, -0.25) is 0 Å². The molecule has 5 heterocycles. The molecule has 0 saturated carbocycles. The largest absolute Gasteiger partial charge is 0.453 e. The van der Waals surface area contributed by atoms with Gasteiger partial charge in [0.15, 0.2) is 11.2 Å². The van der Waals surface area contributed by atoms with Gasteiger partial charge in [-0.25, -0.2) is 0 Å². The zero-order valence-corrected chi connectivity index (χ0v) is 70.8. The normalized spacial score (nSPS) is 12.2. The number of fused-ring (bicyclic) bond motifs is 17. The van der Waals surface area contributed by atoms with Crippen LogP contribution in [0, 0.1) is 0 Å². The van der Waals surface area contributed by atoms with E-state index in [0.717, 1.165) is 139 Å². The number of hydrogen-bond donors (Lipinski definition) is 0. The fraction of sp³-hybridized carbons (Fsp3) is 0.00813. The van der Waals surface area contributed by atoms with Gasteiger partial charge in [-0.05, 0) is 235 Å². The Morgan fingerprint density at radius 2 is 0.500 bits per heavy atom. The van der Waals surface area contributed by atoms with Crippen molar-refractivity contribution >= 4 is 133 Å². The summed E-state index contributed by atoms with van der Waals surface area (Å²) in [6.45, 7) is 0. The van der Waals surface area contributed by atoms with Gasteiger partial charge >= 0.3 is 0 Å². The number of benzene rings is 20. The molecule has 610 valence electrons. The number of anilines is 6. The summed E-state index contributed by atoms with van der Waals surface area (Å²) in [5.41, 5.74) is 36.3. The van der Waals surface area contributed by atoms with E-state index in [4.69, 9.17) is 8.83 Å². The minimum absolute atomic E-state index is 0.531. The first kappa shape index (κ1) is 75.3. The maximum atomic E-state index is 6.97. The first-order valence-corrected chi connectivity index (χ1v) is 44.5. The smallest absolute Gasteiger partial charge is 0.161 e. The van der Waals surface area contributed by atoms with E-state index in [1.807, 2.05) is 0 Å². The number of aromatic nitrogens is 3. The van der Waals surface area contributed by atoms with Gasteiger partial charge in [-0.2, -0.15) is 0 Å². The van der Waals surface area contributed by atoms with Crippen LogP contribution in [0.15, 0.2) is 500 Å². The summed E-state index contributed by atoms with van der Waals surface area (Å²) in [6, 6.07) is 177. The Morgan fingerprint density at radius 1 is 0.185 bits per heavy atom. The molecule has 7 nitrogen and oxygen atoms in total. The maximum absolute atomic E-state index is 6.97. The quantitative estimate of drug-likeness (QED) is 0.103. The second kappa shape index (κ2) is 31.1. The van der Waals surface area contributed by atoms with Crippen molar-refractivity contribution in [2.45, 2.75) is 5.41 Å². The Balaban J connectivity index is 0.000000142. The lowest BCUT2D eigenvalue weighted by Crippen LogP contribution is -2.28. The average molecular weight is 1660 g/mol. The van der Waals surface area contributed by atoms with Gasteiger partial charge in [0.25, 0.3) is 0 Å². The fourth-order valence-corrected chi connectivity index (χ4v) is 20.8. The van der Waals surface area contributed by atoms with Gasteiger partial charge in [0.05, 0.1) is 27.5 Å². The van der Waals surface area contributed by atoms with E-state index in [1.54, 1.807) is 0 Å². The second-order valence-corrected chi connectivity index (χ2v) is 33.7. The Kier molecular flexibility index (Phi) is 18.0. The van der Waals surface area contributed by atoms with Gasteiger partial charge < -0.3 is 32.3 Å². The van der Waals surface area contributed by atoms with Gasteiger partial charge in [0, 0.05) is 94.6 Å². The van der Waals surface area contributed by atoms with Crippen molar-refractivity contribution in [2.75, 3.05) is 9.80 Å². The predicted octanol–water partition coefficient (Wildman–Crippen LogP) is 33.3. The van der Waals surface area contributed by atoms with Crippen LogP contribution in [-0.4, -0.2) is 13.7 Å². The van der Waals surface area contributed by atoms with Crippen molar-refractivity contribution in [1.82, 2.24) is 13.7 Å². The SMILES string of the molecule is c1ccc(-c2ccc(N(c3ccc(-c4cccc5c4oc4c6ccccc6n(-c6ccccc6)c54)cc3)c3ccc(-n4c5ccccc5c5ccccc54)cc3)cc2)cc1.c1ccc(-n2c3ccccc3c3oc4c(-c5ccc(N(c6ccc(-c7cccc8ccccc78)cc6)c6cccc(C7(c8ccccc8)c8ccccc8-c8ccccc87)c6)cc5)cccc4c32)cc1. The summed E-state index contributed by atoms with van der Waals surface area (Å²) in [7, 11) is 0. The number of rotatable bonds is 15. The first-order valence-electron chi connectivity index (χ1n) is 44.5. The molecule has 0 saturated heterocycles. The van der Waals surface area contributed by atoms with Gasteiger partial charge in [-0.15, -0.1) is 0 Å². The number of nitrogens with zero attached hydrogens (tertiary/aromatic N) is 5. The topological polar surface area (TPSA) is 47.6 Å². The summed E-state index contributed by atoms with van der Waals surface area (Å²) in [6.07, 6.45) is 0. The Labute approximate surface area is 751 Å². The molecule has 0 radical (unpaired) electrons.